The lowest BCUT2D eigenvalue weighted by atomic mass is 10.2. The zero-order chi connectivity index (χ0) is 14.0. The van der Waals surface area contributed by atoms with Crippen LogP contribution in [0.4, 0.5) is 4.39 Å². The molecule has 0 atom stereocenters. The highest BCUT2D eigenvalue weighted by atomic mass is 28.4. The zero-order valence-electron chi connectivity index (χ0n) is 12.0. The lowest BCUT2D eigenvalue weighted by Crippen LogP contribution is -2.40. The molecule has 0 aliphatic rings. The third-order valence-corrected chi connectivity index (χ3v) is 7.96. The van der Waals surface area contributed by atoms with Crippen LogP contribution in [0.5, 0.6) is 5.75 Å². The van der Waals surface area contributed by atoms with Gasteiger partial charge in [0.1, 0.15) is 0 Å². The predicted molar refractivity (Wildman–Crippen MR) is 72.7 cm³/mol. The van der Waals surface area contributed by atoms with Crippen LogP contribution in [-0.2, 0) is 11.0 Å². The van der Waals surface area contributed by atoms with Gasteiger partial charge >= 0.3 is 0 Å². The van der Waals surface area contributed by atoms with Crippen LogP contribution in [0, 0.1) is 5.95 Å². The van der Waals surface area contributed by atoms with Crippen LogP contribution in [-0.4, -0.2) is 20.4 Å². The predicted octanol–water partition coefficient (Wildman–Crippen LogP) is 3.75. The number of methoxy groups -OCH3 is 1. The summed E-state index contributed by atoms with van der Waals surface area (Å²) in [5, 5.41) is 0.137. The fourth-order valence-corrected chi connectivity index (χ4v) is 2.10. The molecule has 1 aromatic rings. The summed E-state index contributed by atoms with van der Waals surface area (Å²) in [6.07, 6.45) is 0. The van der Waals surface area contributed by atoms with E-state index in [9.17, 15) is 4.39 Å². The second-order valence-corrected chi connectivity index (χ2v) is 10.7. The summed E-state index contributed by atoms with van der Waals surface area (Å²) in [6.45, 7) is 11.2. The van der Waals surface area contributed by atoms with Gasteiger partial charge in [0.2, 0.25) is 0 Å². The Morgan fingerprint density at radius 1 is 1.28 bits per heavy atom. The SMILES string of the molecule is COc1ccc(CO[Si](C)(C)C(C)(C)C)nc1F. The van der Waals surface area contributed by atoms with Gasteiger partial charge in [-0.05, 0) is 30.3 Å². The smallest absolute Gasteiger partial charge is 0.255 e. The number of hydrogen-bond donors (Lipinski definition) is 0. The molecule has 0 spiro atoms. The maximum Gasteiger partial charge on any atom is 0.255 e. The van der Waals surface area contributed by atoms with Crippen LogP contribution in [0.3, 0.4) is 0 Å². The highest BCUT2D eigenvalue weighted by Crippen LogP contribution is 2.37. The fourth-order valence-electron chi connectivity index (χ4n) is 1.16. The first-order chi connectivity index (χ1) is 8.17. The van der Waals surface area contributed by atoms with Crippen molar-refractivity contribution in [3.63, 3.8) is 0 Å². The molecule has 0 saturated carbocycles. The third-order valence-electron chi connectivity index (χ3n) is 3.48. The Bertz CT molecular complexity index is 416. The second-order valence-electron chi connectivity index (χ2n) is 5.84. The molecule has 0 saturated heterocycles. The standard InChI is InChI=1S/C13H22FNO2Si/c1-13(2,3)18(5,6)17-9-10-7-8-11(16-4)12(14)15-10/h7-8H,9H2,1-6H3. The van der Waals surface area contributed by atoms with Crippen molar-refractivity contribution in [2.75, 3.05) is 7.11 Å². The number of halogens is 1. The van der Waals surface area contributed by atoms with Crippen molar-refractivity contribution < 1.29 is 13.6 Å². The Morgan fingerprint density at radius 3 is 2.33 bits per heavy atom. The van der Waals surface area contributed by atoms with Crippen LogP contribution in [0.2, 0.25) is 18.1 Å². The van der Waals surface area contributed by atoms with E-state index in [1.165, 1.54) is 7.11 Å². The van der Waals surface area contributed by atoms with Crippen molar-refractivity contribution in [2.45, 2.75) is 45.5 Å². The highest BCUT2D eigenvalue weighted by Gasteiger charge is 2.37. The summed E-state index contributed by atoms with van der Waals surface area (Å²) >= 11 is 0. The Morgan fingerprint density at radius 2 is 1.89 bits per heavy atom. The second kappa shape index (κ2) is 5.36. The molecule has 0 aromatic carbocycles. The fraction of sp³-hybridized carbons (Fsp3) is 0.615. The Balaban J connectivity index is 2.73. The molecular formula is C13H22FNO2Si. The van der Waals surface area contributed by atoms with Gasteiger partial charge in [-0.2, -0.15) is 4.39 Å². The lowest BCUT2D eigenvalue weighted by Gasteiger charge is -2.36. The van der Waals surface area contributed by atoms with Crippen LogP contribution >= 0.6 is 0 Å². The Kier molecular flexibility index (Phi) is 4.50. The van der Waals surface area contributed by atoms with Crippen molar-refractivity contribution in [1.82, 2.24) is 4.98 Å². The van der Waals surface area contributed by atoms with Crippen LogP contribution in [0.25, 0.3) is 0 Å². The summed E-state index contributed by atoms with van der Waals surface area (Å²) < 4.78 is 24.2. The molecule has 102 valence electrons. The molecule has 0 bridgehead atoms. The minimum atomic E-state index is -1.82. The zero-order valence-corrected chi connectivity index (χ0v) is 13.0. The monoisotopic (exact) mass is 271 g/mol. The van der Waals surface area contributed by atoms with Crippen molar-refractivity contribution in [3.05, 3.63) is 23.8 Å². The first kappa shape index (κ1) is 15.1. The van der Waals surface area contributed by atoms with Gasteiger partial charge in [0, 0.05) is 0 Å². The molecule has 1 aromatic heterocycles. The molecule has 0 amide bonds. The van der Waals surface area contributed by atoms with Gasteiger partial charge in [-0.25, -0.2) is 4.98 Å². The minimum absolute atomic E-state index is 0.137. The van der Waals surface area contributed by atoms with Crippen molar-refractivity contribution in [1.29, 1.82) is 0 Å². The topological polar surface area (TPSA) is 31.4 Å². The largest absolute Gasteiger partial charge is 0.492 e. The van der Waals surface area contributed by atoms with E-state index in [2.05, 4.69) is 38.8 Å². The van der Waals surface area contributed by atoms with Gasteiger partial charge in [-0.3, -0.25) is 0 Å². The molecule has 5 heteroatoms. The summed E-state index contributed by atoms with van der Waals surface area (Å²) in [5.74, 6) is -0.431. The Hall–Kier alpha value is -0.943. The van der Waals surface area contributed by atoms with Crippen molar-refractivity contribution in [2.24, 2.45) is 0 Å². The van der Waals surface area contributed by atoms with E-state index in [0.717, 1.165) is 0 Å². The molecule has 1 rings (SSSR count). The van der Waals surface area contributed by atoms with Gasteiger partial charge in [0.25, 0.3) is 5.95 Å². The average molecular weight is 271 g/mol. The number of nitrogens with zero attached hydrogens (tertiary/aromatic N) is 1. The highest BCUT2D eigenvalue weighted by molar-refractivity contribution is 6.74. The molecule has 0 unspecified atom stereocenters. The van der Waals surface area contributed by atoms with E-state index < -0.39 is 14.3 Å². The Labute approximate surface area is 109 Å². The number of ether oxygens (including phenoxy) is 1. The molecule has 3 nitrogen and oxygen atoms in total. The van der Waals surface area contributed by atoms with Crippen LogP contribution in [0.1, 0.15) is 26.5 Å². The lowest BCUT2D eigenvalue weighted by molar-refractivity contribution is 0.269. The number of hydrogen-bond acceptors (Lipinski definition) is 3. The van der Waals surface area contributed by atoms with E-state index in [1.54, 1.807) is 12.1 Å². The first-order valence-corrected chi connectivity index (χ1v) is 8.91. The van der Waals surface area contributed by atoms with Crippen molar-refractivity contribution >= 4 is 8.32 Å². The number of pyridine rings is 1. The third kappa shape index (κ3) is 3.52. The average Bonchev–Trinajstić information content (AvgIpc) is 2.25. The van der Waals surface area contributed by atoms with E-state index in [-0.39, 0.29) is 10.8 Å². The number of aromatic nitrogens is 1. The summed E-state index contributed by atoms with van der Waals surface area (Å²) in [5.41, 5.74) is 0.595. The van der Waals surface area contributed by atoms with E-state index in [1.807, 2.05) is 0 Å². The van der Waals surface area contributed by atoms with Crippen LogP contribution < -0.4 is 4.74 Å². The molecule has 0 aliphatic carbocycles. The van der Waals surface area contributed by atoms with Crippen LogP contribution in [0.15, 0.2) is 12.1 Å². The quantitative estimate of drug-likeness (QED) is 0.617. The summed E-state index contributed by atoms with van der Waals surface area (Å²) in [6, 6.07) is 3.31. The van der Waals surface area contributed by atoms with Gasteiger partial charge in [0.15, 0.2) is 14.1 Å². The minimum Gasteiger partial charge on any atom is -0.492 e. The number of rotatable bonds is 4. The normalized spacial score (nSPS) is 12.6. The van der Waals surface area contributed by atoms with E-state index >= 15 is 0 Å². The maximum absolute atomic E-state index is 13.4. The molecule has 18 heavy (non-hydrogen) atoms. The molecular weight excluding hydrogens is 249 g/mol. The summed E-state index contributed by atoms with van der Waals surface area (Å²) in [4.78, 5) is 3.83. The molecule has 0 N–H and O–H groups in total. The van der Waals surface area contributed by atoms with E-state index in [4.69, 9.17) is 9.16 Å². The van der Waals surface area contributed by atoms with Gasteiger partial charge in [0.05, 0.1) is 19.4 Å². The molecule has 0 fully saturated rings. The van der Waals surface area contributed by atoms with Gasteiger partial charge < -0.3 is 9.16 Å². The summed E-state index contributed by atoms with van der Waals surface area (Å²) in [7, 11) is -0.398. The molecule has 0 radical (unpaired) electrons. The van der Waals surface area contributed by atoms with Gasteiger partial charge in [-0.15, -0.1) is 0 Å². The molecule has 1 heterocycles. The first-order valence-electron chi connectivity index (χ1n) is 6.01. The van der Waals surface area contributed by atoms with Gasteiger partial charge in [-0.1, -0.05) is 20.8 Å². The molecule has 0 aliphatic heterocycles. The maximum atomic E-state index is 13.4. The van der Waals surface area contributed by atoms with E-state index in [0.29, 0.717) is 12.3 Å². The van der Waals surface area contributed by atoms with Crippen molar-refractivity contribution in [3.8, 4) is 5.75 Å².